The van der Waals surface area contributed by atoms with E-state index in [1.807, 2.05) is 0 Å². The minimum absolute atomic E-state index is 0.388. The van der Waals surface area contributed by atoms with Gasteiger partial charge in [0.1, 0.15) is 0 Å². The summed E-state index contributed by atoms with van der Waals surface area (Å²) >= 11 is 0. The summed E-state index contributed by atoms with van der Waals surface area (Å²) < 4.78 is 22.1. The topological polar surface area (TPSA) is 61.0 Å². The first-order valence-corrected chi connectivity index (χ1v) is 12.1. The number of nitrogens with one attached hydrogen (secondary N) is 2. The van der Waals surface area contributed by atoms with Gasteiger partial charge in [-0.15, -0.1) is 0 Å². The second kappa shape index (κ2) is 11.1. The van der Waals surface area contributed by atoms with E-state index in [0.29, 0.717) is 12.1 Å². The smallest absolute Gasteiger partial charge is 0.161 e. The van der Waals surface area contributed by atoms with Crippen molar-refractivity contribution in [1.29, 1.82) is 0 Å². The third kappa shape index (κ3) is 5.22. The summed E-state index contributed by atoms with van der Waals surface area (Å²) in [5.41, 5.74) is 5.48. The lowest BCUT2D eigenvalue weighted by Crippen LogP contribution is -2.30. The van der Waals surface area contributed by atoms with Crippen molar-refractivity contribution in [3.63, 3.8) is 0 Å². The van der Waals surface area contributed by atoms with E-state index in [9.17, 15) is 0 Å². The van der Waals surface area contributed by atoms with Gasteiger partial charge in [-0.25, -0.2) is 0 Å². The molecule has 2 atom stereocenters. The number of unbranched alkanes of at least 4 members (excludes halogenated alkanes) is 2. The third-order valence-electron chi connectivity index (χ3n) is 7.10. The molecule has 0 amide bonds. The van der Waals surface area contributed by atoms with Crippen LogP contribution in [-0.4, -0.2) is 41.5 Å². The summed E-state index contributed by atoms with van der Waals surface area (Å²) in [6.45, 7) is 2.03. The first kappa shape index (κ1) is 23.7. The quantitative estimate of drug-likeness (QED) is 0.506. The van der Waals surface area contributed by atoms with Gasteiger partial charge in [0.15, 0.2) is 23.0 Å². The molecule has 0 fully saturated rings. The lowest BCUT2D eigenvalue weighted by Gasteiger charge is -2.29. The van der Waals surface area contributed by atoms with Gasteiger partial charge in [0, 0.05) is 12.1 Å². The molecule has 6 heteroatoms. The van der Waals surface area contributed by atoms with Gasteiger partial charge >= 0.3 is 0 Å². The fraction of sp³-hybridized carbons (Fsp3) is 0.556. The molecule has 2 aliphatic heterocycles. The Kier molecular flexibility index (Phi) is 7.99. The van der Waals surface area contributed by atoms with Crippen LogP contribution in [0.25, 0.3) is 0 Å². The highest BCUT2D eigenvalue weighted by Crippen LogP contribution is 2.38. The highest BCUT2D eigenvalue weighted by Gasteiger charge is 2.24. The Morgan fingerprint density at radius 2 is 1.00 bits per heavy atom. The van der Waals surface area contributed by atoms with Crippen molar-refractivity contribution in [2.45, 2.75) is 57.0 Å². The van der Waals surface area contributed by atoms with E-state index in [-0.39, 0.29) is 0 Å². The molecule has 0 saturated heterocycles. The van der Waals surface area contributed by atoms with Gasteiger partial charge in [-0.05, 0) is 85.3 Å². The van der Waals surface area contributed by atoms with Gasteiger partial charge in [-0.3, -0.25) is 0 Å². The lowest BCUT2D eigenvalue weighted by molar-refractivity contribution is 0.350. The van der Waals surface area contributed by atoms with Crippen LogP contribution >= 0.6 is 0 Å². The van der Waals surface area contributed by atoms with Crippen LogP contribution in [0.5, 0.6) is 23.0 Å². The summed E-state index contributed by atoms with van der Waals surface area (Å²) in [5.74, 6) is 3.29. The molecule has 6 nitrogen and oxygen atoms in total. The molecule has 2 heterocycles. The van der Waals surface area contributed by atoms with E-state index in [4.69, 9.17) is 18.9 Å². The van der Waals surface area contributed by atoms with Gasteiger partial charge in [0.25, 0.3) is 0 Å². The normalized spacial score (nSPS) is 19.4. The monoisotopic (exact) mass is 454 g/mol. The molecule has 2 aliphatic rings. The molecule has 2 N–H and O–H groups in total. The molecule has 2 aromatic rings. The van der Waals surface area contributed by atoms with Crippen molar-refractivity contribution in [2.24, 2.45) is 0 Å². The molecule has 33 heavy (non-hydrogen) atoms. The standard InChI is InChI=1S/C27H38N2O4/c1-30-24-14-18-10-12-28-22(20(18)16-26(24)32-3)8-6-5-7-9-23-21-17-27(33-4)25(31-2)15-19(21)11-13-29-23/h14-17,22-23,28-29H,5-13H2,1-4H3. The van der Waals surface area contributed by atoms with Crippen LogP contribution in [0, 0.1) is 0 Å². The highest BCUT2D eigenvalue weighted by atomic mass is 16.5. The number of hydrogen-bond acceptors (Lipinski definition) is 6. The fourth-order valence-corrected chi connectivity index (χ4v) is 5.33. The van der Waals surface area contributed by atoms with Gasteiger partial charge in [0.2, 0.25) is 0 Å². The van der Waals surface area contributed by atoms with Crippen LogP contribution < -0.4 is 29.6 Å². The average molecular weight is 455 g/mol. The van der Waals surface area contributed by atoms with E-state index in [0.717, 1.165) is 61.8 Å². The SMILES string of the molecule is COc1cc2c(cc1OC)C(CCCCCC1NCCc3cc(OC)c(OC)cc31)NCC2. The van der Waals surface area contributed by atoms with E-state index in [2.05, 4.69) is 34.9 Å². The Hall–Kier alpha value is -2.44. The first-order chi connectivity index (χ1) is 16.2. The van der Waals surface area contributed by atoms with Gasteiger partial charge in [-0.1, -0.05) is 19.3 Å². The van der Waals surface area contributed by atoms with Crippen molar-refractivity contribution in [3.8, 4) is 23.0 Å². The summed E-state index contributed by atoms with van der Waals surface area (Å²) in [4.78, 5) is 0. The van der Waals surface area contributed by atoms with E-state index in [1.165, 1.54) is 41.5 Å². The summed E-state index contributed by atoms with van der Waals surface area (Å²) in [6.07, 6.45) is 7.99. The molecule has 2 unspecified atom stereocenters. The van der Waals surface area contributed by atoms with E-state index < -0.39 is 0 Å². The zero-order valence-corrected chi connectivity index (χ0v) is 20.5. The van der Waals surface area contributed by atoms with Crippen LogP contribution in [0.3, 0.4) is 0 Å². The summed E-state index contributed by atoms with van der Waals surface area (Å²) in [6, 6.07) is 9.40. The molecular weight excluding hydrogens is 416 g/mol. The second-order valence-electron chi connectivity index (χ2n) is 8.96. The van der Waals surface area contributed by atoms with Crippen LogP contribution in [0.4, 0.5) is 0 Å². The minimum atomic E-state index is 0.388. The maximum Gasteiger partial charge on any atom is 0.161 e. The zero-order valence-electron chi connectivity index (χ0n) is 20.5. The molecule has 0 radical (unpaired) electrons. The number of ether oxygens (including phenoxy) is 4. The predicted molar refractivity (Wildman–Crippen MR) is 131 cm³/mol. The lowest BCUT2D eigenvalue weighted by atomic mass is 9.89. The highest BCUT2D eigenvalue weighted by molar-refractivity contribution is 5.50. The molecule has 4 rings (SSSR count). The van der Waals surface area contributed by atoms with Gasteiger partial charge in [0.05, 0.1) is 28.4 Å². The van der Waals surface area contributed by atoms with E-state index >= 15 is 0 Å². The Balaban J connectivity index is 1.32. The number of hydrogen-bond donors (Lipinski definition) is 2. The third-order valence-corrected chi connectivity index (χ3v) is 7.10. The van der Waals surface area contributed by atoms with Crippen molar-refractivity contribution < 1.29 is 18.9 Å². The number of methoxy groups -OCH3 is 4. The van der Waals surface area contributed by atoms with Crippen molar-refractivity contribution in [2.75, 3.05) is 41.5 Å². The zero-order chi connectivity index (χ0) is 23.2. The maximum atomic E-state index is 5.54. The Labute approximate surface area is 198 Å². The van der Waals surface area contributed by atoms with Gasteiger partial charge < -0.3 is 29.6 Å². The van der Waals surface area contributed by atoms with Crippen molar-refractivity contribution in [1.82, 2.24) is 10.6 Å². The molecule has 0 aliphatic carbocycles. The molecule has 0 spiro atoms. The maximum absolute atomic E-state index is 5.54. The Morgan fingerprint density at radius 3 is 1.39 bits per heavy atom. The van der Waals surface area contributed by atoms with Crippen LogP contribution in [-0.2, 0) is 12.8 Å². The average Bonchev–Trinajstić information content (AvgIpc) is 2.86. The molecule has 2 aromatic carbocycles. The van der Waals surface area contributed by atoms with Crippen LogP contribution in [0.1, 0.15) is 66.4 Å². The predicted octanol–water partition coefficient (Wildman–Crippen LogP) is 4.75. The van der Waals surface area contributed by atoms with Crippen LogP contribution in [0.2, 0.25) is 0 Å². The Morgan fingerprint density at radius 1 is 0.606 bits per heavy atom. The fourth-order valence-electron chi connectivity index (χ4n) is 5.33. The molecule has 180 valence electrons. The Bertz CT molecular complexity index is 871. The second-order valence-corrected chi connectivity index (χ2v) is 8.96. The number of benzene rings is 2. The number of rotatable bonds is 10. The molecule has 0 aromatic heterocycles. The first-order valence-electron chi connectivity index (χ1n) is 12.1. The van der Waals surface area contributed by atoms with Crippen molar-refractivity contribution >= 4 is 0 Å². The molecule has 0 bridgehead atoms. The van der Waals surface area contributed by atoms with Crippen molar-refractivity contribution in [3.05, 3.63) is 46.5 Å². The van der Waals surface area contributed by atoms with E-state index in [1.54, 1.807) is 28.4 Å². The summed E-state index contributed by atoms with van der Waals surface area (Å²) in [7, 11) is 6.82. The number of fused-ring (bicyclic) bond motifs is 2. The van der Waals surface area contributed by atoms with Crippen LogP contribution in [0.15, 0.2) is 24.3 Å². The molecule has 0 saturated carbocycles. The largest absolute Gasteiger partial charge is 0.493 e. The summed E-state index contributed by atoms with van der Waals surface area (Å²) in [5, 5.41) is 7.41. The van der Waals surface area contributed by atoms with Gasteiger partial charge in [-0.2, -0.15) is 0 Å². The minimum Gasteiger partial charge on any atom is -0.493 e. The molecular formula is C27H38N2O4.